The minimum Gasteiger partial charge on any atom is -0.350 e. The maximum Gasteiger partial charge on any atom is 0.271 e. The smallest absolute Gasteiger partial charge is 0.271 e. The van der Waals surface area contributed by atoms with E-state index in [0.717, 1.165) is 28.6 Å². The molecular weight excluding hydrogens is 260 g/mol. The number of amides is 1. The maximum absolute atomic E-state index is 13.0. The number of aromatic nitrogens is 1. The number of para-hydroxylation sites is 1. The van der Waals surface area contributed by atoms with Gasteiger partial charge in [0.15, 0.2) is 0 Å². The summed E-state index contributed by atoms with van der Waals surface area (Å²) in [6.07, 6.45) is 5.10. The fourth-order valence-corrected chi connectivity index (χ4v) is 3.23. The van der Waals surface area contributed by atoms with Gasteiger partial charge in [-0.25, -0.2) is 0 Å². The lowest BCUT2D eigenvalue weighted by atomic mass is 10.0. The average Bonchev–Trinajstić information content (AvgIpc) is 3.10. The van der Waals surface area contributed by atoms with Crippen LogP contribution in [0.5, 0.6) is 0 Å². The molecular formula is C18H22N2O. The Morgan fingerprint density at radius 1 is 1.38 bits per heavy atom. The van der Waals surface area contributed by atoms with Crippen molar-refractivity contribution in [1.82, 2.24) is 9.88 Å². The van der Waals surface area contributed by atoms with Crippen LogP contribution in [0.15, 0.2) is 36.4 Å². The molecule has 1 N–H and O–H groups in total. The van der Waals surface area contributed by atoms with E-state index in [1.165, 1.54) is 0 Å². The van der Waals surface area contributed by atoms with E-state index in [1.54, 1.807) is 0 Å². The zero-order valence-corrected chi connectivity index (χ0v) is 12.9. The molecule has 0 radical (unpaired) electrons. The standard InChI is InChI=1S/C18H22N2O/c1-4-13-14-8-5-6-9-15(14)19-17(13)18(21)20-11-7-10-16(20)12(2)3/h5-10,12,16,19H,4,11H2,1-3H3/t16-/m0/s1. The Labute approximate surface area is 125 Å². The summed E-state index contributed by atoms with van der Waals surface area (Å²) < 4.78 is 0. The summed E-state index contributed by atoms with van der Waals surface area (Å²) in [6, 6.07) is 8.35. The summed E-state index contributed by atoms with van der Waals surface area (Å²) >= 11 is 0. The van der Waals surface area contributed by atoms with Crippen molar-refractivity contribution in [3.63, 3.8) is 0 Å². The molecule has 0 bridgehead atoms. The Bertz CT molecular complexity index is 696. The number of nitrogens with one attached hydrogen (secondary N) is 1. The van der Waals surface area contributed by atoms with Crippen molar-refractivity contribution in [1.29, 1.82) is 0 Å². The number of aryl methyl sites for hydroxylation is 1. The van der Waals surface area contributed by atoms with E-state index in [9.17, 15) is 4.79 Å². The number of hydrogen-bond acceptors (Lipinski definition) is 1. The topological polar surface area (TPSA) is 36.1 Å². The molecule has 0 fully saturated rings. The number of H-pyrrole nitrogens is 1. The first-order valence-electron chi connectivity index (χ1n) is 7.70. The highest BCUT2D eigenvalue weighted by atomic mass is 16.2. The average molecular weight is 282 g/mol. The van der Waals surface area contributed by atoms with Crippen LogP contribution in [0.1, 0.15) is 36.8 Å². The van der Waals surface area contributed by atoms with E-state index in [0.29, 0.717) is 12.5 Å². The van der Waals surface area contributed by atoms with Crippen LogP contribution >= 0.6 is 0 Å². The van der Waals surface area contributed by atoms with Crippen LogP contribution in [0.3, 0.4) is 0 Å². The van der Waals surface area contributed by atoms with E-state index in [2.05, 4.69) is 44.0 Å². The number of nitrogens with zero attached hydrogens (tertiary/aromatic N) is 1. The zero-order chi connectivity index (χ0) is 15.0. The van der Waals surface area contributed by atoms with Crippen molar-refractivity contribution in [2.45, 2.75) is 33.2 Å². The maximum atomic E-state index is 13.0. The number of benzene rings is 1. The van der Waals surface area contributed by atoms with Crippen molar-refractivity contribution in [3.8, 4) is 0 Å². The minimum absolute atomic E-state index is 0.117. The molecule has 2 heterocycles. The fraction of sp³-hybridized carbons (Fsp3) is 0.389. The normalized spacial score (nSPS) is 18.1. The van der Waals surface area contributed by atoms with E-state index in [-0.39, 0.29) is 11.9 Å². The highest BCUT2D eigenvalue weighted by Crippen LogP contribution is 2.27. The number of fused-ring (bicyclic) bond motifs is 1. The molecule has 3 heteroatoms. The van der Waals surface area contributed by atoms with Gasteiger partial charge in [-0.2, -0.15) is 0 Å². The van der Waals surface area contributed by atoms with Gasteiger partial charge in [0.1, 0.15) is 5.69 Å². The summed E-state index contributed by atoms with van der Waals surface area (Å²) in [5.74, 6) is 0.550. The molecule has 1 aromatic heterocycles. The van der Waals surface area contributed by atoms with Crippen LogP contribution in [0.25, 0.3) is 10.9 Å². The highest BCUT2D eigenvalue weighted by molar-refractivity contribution is 6.01. The Hall–Kier alpha value is -2.03. The SMILES string of the molecule is CCc1c(C(=O)N2CC=C[C@H]2C(C)C)[nH]c2ccccc12. The third kappa shape index (κ3) is 2.27. The summed E-state index contributed by atoms with van der Waals surface area (Å²) in [6.45, 7) is 7.13. The second-order valence-electron chi connectivity index (χ2n) is 6.00. The van der Waals surface area contributed by atoms with Gasteiger partial charge in [-0.1, -0.05) is 51.1 Å². The highest BCUT2D eigenvalue weighted by Gasteiger charge is 2.30. The molecule has 3 rings (SSSR count). The second kappa shape index (κ2) is 5.40. The quantitative estimate of drug-likeness (QED) is 0.855. The van der Waals surface area contributed by atoms with Gasteiger partial charge < -0.3 is 9.88 Å². The largest absolute Gasteiger partial charge is 0.350 e. The lowest BCUT2D eigenvalue weighted by molar-refractivity contribution is 0.0714. The molecule has 0 saturated carbocycles. The van der Waals surface area contributed by atoms with E-state index in [4.69, 9.17) is 0 Å². The van der Waals surface area contributed by atoms with Crippen LogP contribution < -0.4 is 0 Å². The molecule has 110 valence electrons. The van der Waals surface area contributed by atoms with Crippen LogP contribution in [0, 0.1) is 5.92 Å². The Kier molecular flexibility index (Phi) is 3.58. The Morgan fingerprint density at radius 2 is 2.14 bits per heavy atom. The summed E-state index contributed by atoms with van der Waals surface area (Å²) in [7, 11) is 0. The summed E-state index contributed by atoms with van der Waals surface area (Å²) in [5.41, 5.74) is 2.93. The molecule has 1 aliphatic heterocycles. The fourth-order valence-electron chi connectivity index (χ4n) is 3.23. The van der Waals surface area contributed by atoms with Gasteiger partial charge in [-0.15, -0.1) is 0 Å². The van der Waals surface area contributed by atoms with Crippen molar-refractivity contribution >= 4 is 16.8 Å². The molecule has 0 aliphatic carbocycles. The first kappa shape index (κ1) is 13.9. The third-order valence-corrected chi connectivity index (χ3v) is 4.32. The molecule has 0 saturated heterocycles. The Balaban J connectivity index is 2.02. The second-order valence-corrected chi connectivity index (χ2v) is 6.00. The lowest BCUT2D eigenvalue weighted by Crippen LogP contribution is -2.39. The van der Waals surface area contributed by atoms with E-state index >= 15 is 0 Å². The molecule has 1 atom stereocenters. The minimum atomic E-state index is 0.117. The number of carbonyl (C=O) groups is 1. The van der Waals surface area contributed by atoms with Gasteiger partial charge >= 0.3 is 0 Å². The van der Waals surface area contributed by atoms with Crippen molar-refractivity contribution < 1.29 is 4.79 Å². The predicted molar refractivity (Wildman–Crippen MR) is 86.5 cm³/mol. The van der Waals surface area contributed by atoms with Crippen molar-refractivity contribution in [2.24, 2.45) is 5.92 Å². The van der Waals surface area contributed by atoms with Crippen LogP contribution in [0.4, 0.5) is 0 Å². The van der Waals surface area contributed by atoms with Gasteiger partial charge in [-0.05, 0) is 24.0 Å². The number of rotatable bonds is 3. The molecule has 0 spiro atoms. The molecule has 1 aromatic carbocycles. The van der Waals surface area contributed by atoms with E-state index in [1.807, 2.05) is 23.1 Å². The first-order chi connectivity index (χ1) is 10.1. The predicted octanol–water partition coefficient (Wildman–Crippen LogP) is 3.77. The van der Waals surface area contributed by atoms with Crippen LogP contribution in [0.2, 0.25) is 0 Å². The molecule has 2 aromatic rings. The first-order valence-corrected chi connectivity index (χ1v) is 7.70. The number of hydrogen-bond donors (Lipinski definition) is 1. The van der Waals surface area contributed by atoms with Crippen molar-refractivity contribution in [2.75, 3.05) is 6.54 Å². The third-order valence-electron chi connectivity index (χ3n) is 4.32. The van der Waals surface area contributed by atoms with Gasteiger partial charge in [0.25, 0.3) is 5.91 Å². The molecule has 1 amide bonds. The summed E-state index contributed by atoms with van der Waals surface area (Å²) in [5, 5.41) is 1.16. The zero-order valence-electron chi connectivity index (χ0n) is 12.9. The van der Waals surface area contributed by atoms with Crippen molar-refractivity contribution in [3.05, 3.63) is 47.7 Å². The Morgan fingerprint density at radius 3 is 2.86 bits per heavy atom. The van der Waals surface area contributed by atoms with Gasteiger partial charge in [0, 0.05) is 17.4 Å². The van der Waals surface area contributed by atoms with Gasteiger partial charge in [-0.3, -0.25) is 4.79 Å². The molecule has 21 heavy (non-hydrogen) atoms. The lowest BCUT2D eigenvalue weighted by Gasteiger charge is -2.27. The van der Waals surface area contributed by atoms with Gasteiger partial charge in [0.2, 0.25) is 0 Å². The summed E-state index contributed by atoms with van der Waals surface area (Å²) in [4.78, 5) is 18.3. The van der Waals surface area contributed by atoms with E-state index < -0.39 is 0 Å². The number of aromatic amines is 1. The van der Waals surface area contributed by atoms with Crippen LogP contribution in [-0.2, 0) is 6.42 Å². The van der Waals surface area contributed by atoms with Gasteiger partial charge in [0.05, 0.1) is 6.04 Å². The monoisotopic (exact) mass is 282 g/mol. The molecule has 1 aliphatic rings. The molecule has 0 unspecified atom stereocenters. The number of carbonyl (C=O) groups excluding carboxylic acids is 1. The molecule has 3 nitrogen and oxygen atoms in total. The van der Waals surface area contributed by atoms with Crippen LogP contribution in [-0.4, -0.2) is 28.4 Å².